The van der Waals surface area contributed by atoms with Gasteiger partial charge in [-0.05, 0) is 37.3 Å². The zero-order valence-electron chi connectivity index (χ0n) is 12.7. The summed E-state index contributed by atoms with van der Waals surface area (Å²) >= 11 is 0. The monoisotopic (exact) mass is 327 g/mol. The van der Waals surface area contributed by atoms with E-state index in [2.05, 4.69) is 9.97 Å². The molecule has 1 aromatic heterocycles. The van der Waals surface area contributed by atoms with Gasteiger partial charge in [0.2, 0.25) is 0 Å². The van der Waals surface area contributed by atoms with Crippen LogP contribution in [0, 0.1) is 5.82 Å². The van der Waals surface area contributed by atoms with Crippen LogP contribution in [-0.4, -0.2) is 15.9 Å². The maximum absolute atomic E-state index is 13.0. The third-order valence-electron chi connectivity index (χ3n) is 3.53. The number of para-hydroxylation sites is 1. The van der Waals surface area contributed by atoms with Crippen LogP contribution < -0.4 is 11.3 Å². The summed E-state index contributed by atoms with van der Waals surface area (Å²) in [5.41, 5.74) is 5.83. The number of benzene rings is 2. The highest BCUT2D eigenvalue weighted by Gasteiger charge is 2.18. The van der Waals surface area contributed by atoms with Crippen molar-refractivity contribution < 1.29 is 13.9 Å². The first-order chi connectivity index (χ1) is 11.5. The third-order valence-corrected chi connectivity index (χ3v) is 3.53. The summed E-state index contributed by atoms with van der Waals surface area (Å²) in [6.45, 7) is 1.57. The number of hydrogen-bond donors (Lipinski definition) is 2. The SMILES string of the molecule is CC(OC(=O)c1ccc(F)cc1N)c1nc2ccccc2c(=O)[nH]1. The molecule has 0 aliphatic carbocycles. The molecule has 0 aliphatic rings. The maximum Gasteiger partial charge on any atom is 0.340 e. The second-order valence-corrected chi connectivity index (χ2v) is 5.25. The van der Waals surface area contributed by atoms with E-state index in [0.29, 0.717) is 10.9 Å². The molecule has 1 unspecified atom stereocenters. The predicted octanol–water partition coefficient (Wildman–Crippen LogP) is 2.56. The molecule has 0 saturated heterocycles. The number of carbonyl (C=O) groups is 1. The average Bonchev–Trinajstić information content (AvgIpc) is 2.54. The number of carbonyl (C=O) groups excluding carboxylic acids is 1. The molecule has 0 amide bonds. The summed E-state index contributed by atoms with van der Waals surface area (Å²) in [5.74, 6) is -1.05. The number of H-pyrrole nitrogens is 1. The standard InChI is InChI=1S/C17H14FN3O3/c1-9(24-17(23)11-7-6-10(18)8-13(11)19)15-20-14-5-3-2-4-12(14)16(22)21-15/h2-9H,19H2,1H3,(H,20,21,22). The highest BCUT2D eigenvalue weighted by atomic mass is 19.1. The summed E-state index contributed by atoms with van der Waals surface area (Å²) in [7, 11) is 0. The van der Waals surface area contributed by atoms with Gasteiger partial charge >= 0.3 is 5.97 Å². The first kappa shape index (κ1) is 15.7. The fourth-order valence-corrected chi connectivity index (χ4v) is 2.30. The van der Waals surface area contributed by atoms with Crippen LogP contribution in [0.3, 0.4) is 0 Å². The molecule has 0 fully saturated rings. The van der Waals surface area contributed by atoms with Gasteiger partial charge in [-0.1, -0.05) is 12.1 Å². The quantitative estimate of drug-likeness (QED) is 0.569. The minimum absolute atomic E-state index is 0.0211. The van der Waals surface area contributed by atoms with Crippen molar-refractivity contribution in [3.63, 3.8) is 0 Å². The Morgan fingerprint density at radius 2 is 2.04 bits per heavy atom. The van der Waals surface area contributed by atoms with E-state index in [4.69, 9.17) is 10.5 Å². The Morgan fingerprint density at radius 1 is 1.29 bits per heavy atom. The van der Waals surface area contributed by atoms with Crippen molar-refractivity contribution in [3.05, 3.63) is 70.0 Å². The topological polar surface area (TPSA) is 98.1 Å². The number of ether oxygens (including phenoxy) is 1. The molecule has 0 saturated carbocycles. The molecule has 122 valence electrons. The molecule has 1 atom stereocenters. The number of aromatic amines is 1. The van der Waals surface area contributed by atoms with Gasteiger partial charge in [0.15, 0.2) is 11.9 Å². The lowest BCUT2D eigenvalue weighted by molar-refractivity contribution is 0.0321. The van der Waals surface area contributed by atoms with Crippen LogP contribution >= 0.6 is 0 Å². The Balaban J connectivity index is 1.88. The molecule has 2 aromatic carbocycles. The van der Waals surface area contributed by atoms with Crippen molar-refractivity contribution in [1.29, 1.82) is 0 Å². The predicted molar refractivity (Wildman–Crippen MR) is 87.0 cm³/mol. The number of nitrogens with one attached hydrogen (secondary N) is 1. The van der Waals surface area contributed by atoms with Crippen molar-refractivity contribution in [1.82, 2.24) is 9.97 Å². The van der Waals surface area contributed by atoms with Gasteiger partial charge < -0.3 is 15.5 Å². The second-order valence-electron chi connectivity index (χ2n) is 5.25. The Labute approximate surface area is 136 Å². The molecular formula is C17H14FN3O3. The molecule has 3 aromatic rings. The fourth-order valence-electron chi connectivity index (χ4n) is 2.30. The average molecular weight is 327 g/mol. The summed E-state index contributed by atoms with van der Waals surface area (Å²) in [6.07, 6.45) is -0.806. The number of nitrogens with two attached hydrogens (primary N) is 1. The number of esters is 1. The highest BCUT2D eigenvalue weighted by molar-refractivity contribution is 5.95. The van der Waals surface area contributed by atoms with E-state index in [-0.39, 0.29) is 22.6 Å². The highest BCUT2D eigenvalue weighted by Crippen LogP contribution is 2.20. The number of halogens is 1. The van der Waals surface area contributed by atoms with E-state index in [9.17, 15) is 14.0 Å². The van der Waals surface area contributed by atoms with Gasteiger partial charge in [0, 0.05) is 5.69 Å². The molecule has 6 nitrogen and oxygen atoms in total. The lowest BCUT2D eigenvalue weighted by Crippen LogP contribution is -2.18. The molecule has 3 rings (SSSR count). The van der Waals surface area contributed by atoms with Crippen LogP contribution in [0.5, 0.6) is 0 Å². The van der Waals surface area contributed by atoms with E-state index >= 15 is 0 Å². The number of anilines is 1. The normalized spacial score (nSPS) is 12.1. The lowest BCUT2D eigenvalue weighted by atomic mass is 10.2. The number of aromatic nitrogens is 2. The van der Waals surface area contributed by atoms with Crippen molar-refractivity contribution in [2.45, 2.75) is 13.0 Å². The number of nitrogen functional groups attached to an aromatic ring is 1. The molecule has 0 radical (unpaired) electrons. The molecule has 0 aliphatic heterocycles. The van der Waals surface area contributed by atoms with Crippen molar-refractivity contribution >= 4 is 22.6 Å². The van der Waals surface area contributed by atoms with Crippen LogP contribution in [-0.2, 0) is 4.74 Å². The van der Waals surface area contributed by atoms with Crippen molar-refractivity contribution in [2.75, 3.05) is 5.73 Å². The van der Waals surface area contributed by atoms with E-state index in [1.54, 1.807) is 31.2 Å². The lowest BCUT2D eigenvalue weighted by Gasteiger charge is -2.14. The number of hydrogen-bond acceptors (Lipinski definition) is 5. The number of fused-ring (bicyclic) bond motifs is 1. The fraction of sp³-hybridized carbons (Fsp3) is 0.118. The van der Waals surface area contributed by atoms with Crippen LogP contribution in [0.25, 0.3) is 10.9 Å². The zero-order chi connectivity index (χ0) is 17.3. The van der Waals surface area contributed by atoms with E-state index in [1.165, 1.54) is 6.07 Å². The van der Waals surface area contributed by atoms with Gasteiger partial charge in [-0.15, -0.1) is 0 Å². The van der Waals surface area contributed by atoms with Gasteiger partial charge in [-0.2, -0.15) is 0 Å². The molecule has 0 bridgehead atoms. The van der Waals surface area contributed by atoms with Crippen LogP contribution in [0.4, 0.5) is 10.1 Å². The van der Waals surface area contributed by atoms with Crippen LogP contribution in [0.1, 0.15) is 29.2 Å². The largest absolute Gasteiger partial charge is 0.451 e. The molecule has 24 heavy (non-hydrogen) atoms. The van der Waals surface area contributed by atoms with E-state index in [0.717, 1.165) is 12.1 Å². The Morgan fingerprint density at radius 3 is 2.79 bits per heavy atom. The molecule has 7 heteroatoms. The van der Waals surface area contributed by atoms with E-state index in [1.807, 2.05) is 0 Å². The molecule has 3 N–H and O–H groups in total. The third kappa shape index (κ3) is 2.96. The van der Waals surface area contributed by atoms with Gasteiger partial charge in [0.05, 0.1) is 16.5 Å². The minimum Gasteiger partial charge on any atom is -0.451 e. The van der Waals surface area contributed by atoms with Gasteiger partial charge in [0.25, 0.3) is 5.56 Å². The summed E-state index contributed by atoms with van der Waals surface area (Å²) in [4.78, 5) is 31.1. The first-order valence-corrected chi connectivity index (χ1v) is 7.20. The van der Waals surface area contributed by atoms with Crippen LogP contribution in [0.15, 0.2) is 47.3 Å². The van der Waals surface area contributed by atoms with Gasteiger partial charge in [-0.25, -0.2) is 14.2 Å². The Hall–Kier alpha value is -3.22. The number of rotatable bonds is 3. The Kier molecular flexibility index (Phi) is 3.99. The summed E-state index contributed by atoms with van der Waals surface area (Å²) < 4.78 is 18.3. The first-order valence-electron chi connectivity index (χ1n) is 7.20. The van der Waals surface area contributed by atoms with Gasteiger partial charge in [-0.3, -0.25) is 4.79 Å². The van der Waals surface area contributed by atoms with E-state index < -0.39 is 17.9 Å². The second kappa shape index (κ2) is 6.11. The Bertz CT molecular complexity index is 984. The molecule has 1 heterocycles. The zero-order valence-corrected chi connectivity index (χ0v) is 12.7. The summed E-state index contributed by atoms with van der Waals surface area (Å²) in [6, 6.07) is 10.2. The smallest absolute Gasteiger partial charge is 0.340 e. The van der Waals surface area contributed by atoms with Crippen LogP contribution in [0.2, 0.25) is 0 Å². The summed E-state index contributed by atoms with van der Waals surface area (Å²) in [5, 5.41) is 0.447. The number of nitrogens with zero attached hydrogens (tertiary/aromatic N) is 1. The minimum atomic E-state index is -0.806. The molecule has 0 spiro atoms. The van der Waals surface area contributed by atoms with Gasteiger partial charge in [0.1, 0.15) is 5.82 Å². The molecular weight excluding hydrogens is 313 g/mol. The van der Waals surface area contributed by atoms with Crippen molar-refractivity contribution in [3.8, 4) is 0 Å². The van der Waals surface area contributed by atoms with Crippen molar-refractivity contribution in [2.24, 2.45) is 0 Å². The maximum atomic E-state index is 13.0.